The summed E-state index contributed by atoms with van der Waals surface area (Å²) in [5.74, 6) is 1.74. The molecule has 102 valence electrons. The predicted octanol–water partition coefficient (Wildman–Crippen LogP) is 3.51. The molecule has 2 atom stereocenters. The minimum Gasteiger partial charge on any atom is -0.322 e. The van der Waals surface area contributed by atoms with Crippen LogP contribution in [0.25, 0.3) is 0 Å². The third kappa shape index (κ3) is 3.81. The van der Waals surface area contributed by atoms with Crippen LogP contribution in [0.1, 0.15) is 44.0 Å². The summed E-state index contributed by atoms with van der Waals surface area (Å²) >= 11 is 1.78. The molecule has 1 fully saturated rings. The first-order valence-corrected chi connectivity index (χ1v) is 8.06. The summed E-state index contributed by atoms with van der Waals surface area (Å²) in [7, 11) is 0. The van der Waals surface area contributed by atoms with Crippen LogP contribution >= 0.6 is 11.3 Å². The van der Waals surface area contributed by atoms with Crippen LogP contribution in [0, 0.1) is 11.8 Å². The quantitative estimate of drug-likeness (QED) is 0.903. The maximum absolute atomic E-state index is 6.28. The third-order valence-electron chi connectivity index (χ3n) is 4.17. The molecule has 1 aliphatic heterocycles. The van der Waals surface area contributed by atoms with Crippen molar-refractivity contribution in [3.63, 3.8) is 0 Å². The number of hydrogen-bond donors (Lipinski definition) is 1. The number of thiophene rings is 1. The maximum atomic E-state index is 6.28. The Bertz CT molecular complexity index is 334. The molecule has 0 amide bonds. The predicted molar refractivity (Wildman–Crippen MR) is 79.9 cm³/mol. The van der Waals surface area contributed by atoms with Crippen molar-refractivity contribution >= 4 is 11.3 Å². The van der Waals surface area contributed by atoms with Gasteiger partial charge in [0.05, 0.1) is 6.04 Å². The normalized spacial score (nSPS) is 24.1. The lowest BCUT2D eigenvalue weighted by atomic mass is 9.89. The van der Waals surface area contributed by atoms with Crippen molar-refractivity contribution in [2.75, 3.05) is 19.6 Å². The van der Waals surface area contributed by atoms with Crippen LogP contribution in [0.5, 0.6) is 0 Å². The molecule has 2 nitrogen and oxygen atoms in total. The van der Waals surface area contributed by atoms with Gasteiger partial charge in [-0.15, -0.1) is 11.3 Å². The van der Waals surface area contributed by atoms with Crippen LogP contribution in [0.15, 0.2) is 17.5 Å². The lowest BCUT2D eigenvalue weighted by Crippen LogP contribution is -2.32. The van der Waals surface area contributed by atoms with Crippen LogP contribution in [0.2, 0.25) is 0 Å². The fourth-order valence-electron chi connectivity index (χ4n) is 2.90. The van der Waals surface area contributed by atoms with Gasteiger partial charge in [0.15, 0.2) is 0 Å². The van der Waals surface area contributed by atoms with Gasteiger partial charge in [0.2, 0.25) is 0 Å². The van der Waals surface area contributed by atoms with Crippen molar-refractivity contribution in [2.45, 2.75) is 39.2 Å². The fourth-order valence-corrected chi connectivity index (χ4v) is 3.62. The molecule has 0 spiro atoms. The Morgan fingerprint density at radius 3 is 2.89 bits per heavy atom. The number of likely N-dealkylation sites (tertiary alicyclic amines) is 1. The summed E-state index contributed by atoms with van der Waals surface area (Å²) in [6.45, 7) is 8.19. The molecule has 1 aromatic heterocycles. The molecule has 0 saturated carbocycles. The highest BCUT2D eigenvalue weighted by Crippen LogP contribution is 2.26. The van der Waals surface area contributed by atoms with Crippen molar-refractivity contribution in [1.82, 2.24) is 4.90 Å². The van der Waals surface area contributed by atoms with Crippen molar-refractivity contribution in [2.24, 2.45) is 17.6 Å². The van der Waals surface area contributed by atoms with E-state index in [4.69, 9.17) is 5.73 Å². The molecule has 2 unspecified atom stereocenters. The van der Waals surface area contributed by atoms with E-state index in [-0.39, 0.29) is 6.04 Å². The molecule has 1 saturated heterocycles. The van der Waals surface area contributed by atoms with Crippen LogP contribution < -0.4 is 5.73 Å². The topological polar surface area (TPSA) is 29.3 Å². The maximum Gasteiger partial charge on any atom is 0.0519 e. The number of nitrogens with zero attached hydrogens (tertiary/aromatic N) is 1. The standard InChI is InChI=1S/C15H26N2S/c1-12(2)13-5-3-8-17(9-7-13)11-14(16)15-6-4-10-18-15/h4,6,10,12-14H,3,5,7-9,11,16H2,1-2H3. The van der Waals surface area contributed by atoms with Crippen LogP contribution in [-0.2, 0) is 0 Å². The average molecular weight is 266 g/mol. The Labute approximate surface area is 115 Å². The first-order valence-electron chi connectivity index (χ1n) is 7.18. The van der Waals surface area contributed by atoms with E-state index in [0.717, 1.165) is 18.4 Å². The molecule has 1 aromatic rings. The zero-order valence-electron chi connectivity index (χ0n) is 11.6. The van der Waals surface area contributed by atoms with Gasteiger partial charge >= 0.3 is 0 Å². The van der Waals surface area contributed by atoms with E-state index in [0.29, 0.717) is 0 Å². The first-order chi connectivity index (χ1) is 8.66. The zero-order valence-corrected chi connectivity index (χ0v) is 12.5. The molecular formula is C15H26N2S. The second-order valence-corrected chi connectivity index (χ2v) is 6.84. The summed E-state index contributed by atoms with van der Waals surface area (Å²) in [4.78, 5) is 3.88. The smallest absolute Gasteiger partial charge is 0.0519 e. The van der Waals surface area contributed by atoms with Crippen LogP contribution in [0.3, 0.4) is 0 Å². The van der Waals surface area contributed by atoms with Crippen LogP contribution in [0.4, 0.5) is 0 Å². The minimum absolute atomic E-state index is 0.195. The van der Waals surface area contributed by atoms with Gasteiger partial charge < -0.3 is 10.6 Å². The van der Waals surface area contributed by atoms with E-state index >= 15 is 0 Å². The second-order valence-electron chi connectivity index (χ2n) is 5.86. The van der Waals surface area contributed by atoms with Gasteiger partial charge in [-0.2, -0.15) is 0 Å². The summed E-state index contributed by atoms with van der Waals surface area (Å²) in [5, 5.41) is 2.12. The Morgan fingerprint density at radius 1 is 1.39 bits per heavy atom. The highest BCUT2D eigenvalue weighted by molar-refractivity contribution is 7.10. The zero-order chi connectivity index (χ0) is 13.0. The highest BCUT2D eigenvalue weighted by Gasteiger charge is 2.21. The second kappa shape index (κ2) is 6.69. The molecule has 0 bridgehead atoms. The SMILES string of the molecule is CC(C)C1CCCN(CC(N)c2cccs2)CC1. The molecule has 0 aromatic carbocycles. The van der Waals surface area contributed by atoms with Crippen LogP contribution in [-0.4, -0.2) is 24.5 Å². The molecule has 18 heavy (non-hydrogen) atoms. The van der Waals surface area contributed by atoms with Crippen molar-refractivity contribution in [1.29, 1.82) is 0 Å². The van der Waals surface area contributed by atoms with E-state index in [1.165, 1.54) is 37.2 Å². The monoisotopic (exact) mass is 266 g/mol. The summed E-state index contributed by atoms with van der Waals surface area (Å²) in [6.07, 6.45) is 4.07. The van der Waals surface area contributed by atoms with E-state index in [9.17, 15) is 0 Å². The summed E-state index contributed by atoms with van der Waals surface area (Å²) in [6, 6.07) is 4.45. The Morgan fingerprint density at radius 2 is 2.22 bits per heavy atom. The largest absolute Gasteiger partial charge is 0.322 e. The lowest BCUT2D eigenvalue weighted by Gasteiger charge is -2.24. The Hall–Kier alpha value is -0.380. The summed E-state index contributed by atoms with van der Waals surface area (Å²) in [5.41, 5.74) is 6.28. The van der Waals surface area contributed by atoms with Crippen molar-refractivity contribution < 1.29 is 0 Å². The van der Waals surface area contributed by atoms with Gasteiger partial charge in [-0.25, -0.2) is 0 Å². The Balaban J connectivity index is 1.83. The van der Waals surface area contributed by atoms with Crippen molar-refractivity contribution in [3.05, 3.63) is 22.4 Å². The molecule has 3 heteroatoms. The number of hydrogen-bond acceptors (Lipinski definition) is 3. The number of nitrogens with two attached hydrogens (primary N) is 1. The minimum atomic E-state index is 0.195. The van der Waals surface area contributed by atoms with E-state index < -0.39 is 0 Å². The molecule has 2 rings (SSSR count). The molecule has 0 aliphatic carbocycles. The molecule has 0 radical (unpaired) electrons. The van der Waals surface area contributed by atoms with E-state index in [1.54, 1.807) is 11.3 Å². The molecular weight excluding hydrogens is 240 g/mol. The number of rotatable bonds is 4. The highest BCUT2D eigenvalue weighted by atomic mass is 32.1. The molecule has 1 aliphatic rings. The van der Waals surface area contributed by atoms with E-state index in [1.807, 2.05) is 0 Å². The van der Waals surface area contributed by atoms with E-state index in [2.05, 4.69) is 36.3 Å². The van der Waals surface area contributed by atoms with Gasteiger partial charge in [0.25, 0.3) is 0 Å². The fraction of sp³-hybridized carbons (Fsp3) is 0.733. The molecule has 2 heterocycles. The average Bonchev–Trinajstić information content (AvgIpc) is 2.77. The third-order valence-corrected chi connectivity index (χ3v) is 5.18. The van der Waals surface area contributed by atoms with Gasteiger partial charge in [0.1, 0.15) is 0 Å². The van der Waals surface area contributed by atoms with Gasteiger partial charge in [-0.1, -0.05) is 19.9 Å². The van der Waals surface area contributed by atoms with Gasteiger partial charge in [-0.3, -0.25) is 0 Å². The summed E-state index contributed by atoms with van der Waals surface area (Å²) < 4.78 is 0. The Kier molecular flexibility index (Phi) is 5.22. The molecule has 2 N–H and O–H groups in total. The lowest BCUT2D eigenvalue weighted by molar-refractivity contribution is 0.258. The first kappa shape index (κ1) is 14.0. The van der Waals surface area contributed by atoms with Crippen molar-refractivity contribution in [3.8, 4) is 0 Å². The van der Waals surface area contributed by atoms with Gasteiger partial charge in [-0.05, 0) is 55.6 Å². The van der Waals surface area contributed by atoms with Gasteiger partial charge in [0, 0.05) is 11.4 Å².